The molecule has 0 aliphatic carbocycles. The van der Waals surface area contributed by atoms with Crippen molar-refractivity contribution in [3.05, 3.63) is 0 Å². The van der Waals surface area contributed by atoms with Crippen LogP contribution < -0.4 is 0 Å². The summed E-state index contributed by atoms with van der Waals surface area (Å²) in [6, 6.07) is 0.678. The van der Waals surface area contributed by atoms with Gasteiger partial charge in [0.25, 0.3) is 0 Å². The molecule has 1 unspecified atom stereocenters. The van der Waals surface area contributed by atoms with Gasteiger partial charge in [-0.05, 0) is 32.2 Å². The Hall–Kier alpha value is 0.230. The topological polar surface area (TPSA) is 32.7 Å². The highest BCUT2D eigenvalue weighted by Crippen LogP contribution is 2.20. The quantitative estimate of drug-likeness (QED) is 0.488. The number of ether oxygens (including phenoxy) is 1. The second-order valence-electron chi connectivity index (χ2n) is 4.03. The summed E-state index contributed by atoms with van der Waals surface area (Å²) in [5, 5.41) is 8.81. The number of aliphatic hydroxyl groups is 1. The minimum atomic E-state index is 0.320. The number of aliphatic hydroxyl groups excluding tert-OH is 1. The third-order valence-electron chi connectivity index (χ3n) is 2.95. The van der Waals surface area contributed by atoms with E-state index in [2.05, 4.69) is 17.5 Å². The molecule has 15 heavy (non-hydrogen) atoms. The molecule has 0 radical (unpaired) electrons. The number of hydrogen-bond acceptors (Lipinski definition) is 4. The summed E-state index contributed by atoms with van der Waals surface area (Å²) in [6.45, 7) is 4.11. The summed E-state index contributed by atoms with van der Waals surface area (Å²) in [7, 11) is 0. The third kappa shape index (κ3) is 5.20. The Morgan fingerprint density at radius 3 is 3.00 bits per heavy atom. The molecule has 1 aliphatic heterocycles. The molecule has 0 saturated carbocycles. The van der Waals surface area contributed by atoms with E-state index in [1.807, 2.05) is 0 Å². The number of hydrogen-bond donors (Lipinski definition) is 2. The minimum Gasteiger partial charge on any atom is -0.396 e. The van der Waals surface area contributed by atoms with Gasteiger partial charge in [-0.25, -0.2) is 0 Å². The van der Waals surface area contributed by atoms with Gasteiger partial charge in [-0.1, -0.05) is 0 Å². The van der Waals surface area contributed by atoms with Crippen molar-refractivity contribution < 1.29 is 9.84 Å². The first-order valence-corrected chi connectivity index (χ1v) is 6.55. The van der Waals surface area contributed by atoms with Crippen LogP contribution in [-0.2, 0) is 4.74 Å². The lowest BCUT2D eigenvalue weighted by molar-refractivity contribution is 0.107. The standard InChI is InChI=1S/C11H23NO2S/c13-7-2-4-11-3-1-5-12(11)6-8-14-9-10-15/h11,13,15H,1-10H2. The van der Waals surface area contributed by atoms with E-state index < -0.39 is 0 Å². The molecule has 0 bridgehead atoms. The van der Waals surface area contributed by atoms with Gasteiger partial charge < -0.3 is 9.84 Å². The van der Waals surface area contributed by atoms with Gasteiger partial charge in [0.15, 0.2) is 0 Å². The zero-order valence-corrected chi connectivity index (χ0v) is 10.3. The monoisotopic (exact) mass is 233 g/mol. The molecular formula is C11H23NO2S. The Labute approximate surface area is 98.2 Å². The summed E-state index contributed by atoms with van der Waals surface area (Å²) in [6.07, 6.45) is 4.64. The number of likely N-dealkylation sites (tertiary alicyclic amines) is 1. The predicted molar refractivity (Wildman–Crippen MR) is 65.6 cm³/mol. The largest absolute Gasteiger partial charge is 0.396 e. The molecule has 3 nitrogen and oxygen atoms in total. The Bertz CT molecular complexity index is 158. The molecule has 0 aromatic heterocycles. The predicted octanol–water partition coefficient (Wildman–Crippen LogP) is 1.17. The third-order valence-corrected chi connectivity index (χ3v) is 3.14. The fourth-order valence-electron chi connectivity index (χ4n) is 2.19. The molecule has 0 amide bonds. The highest BCUT2D eigenvalue weighted by molar-refractivity contribution is 7.80. The molecule has 0 spiro atoms. The SMILES string of the molecule is OCCCC1CCCN1CCOCCS. The van der Waals surface area contributed by atoms with Crippen molar-refractivity contribution in [2.45, 2.75) is 31.7 Å². The van der Waals surface area contributed by atoms with Crippen molar-refractivity contribution in [1.82, 2.24) is 4.90 Å². The second-order valence-corrected chi connectivity index (χ2v) is 4.48. The summed E-state index contributed by atoms with van der Waals surface area (Å²) in [4.78, 5) is 2.49. The van der Waals surface area contributed by atoms with Crippen molar-refractivity contribution in [2.24, 2.45) is 0 Å². The van der Waals surface area contributed by atoms with Crippen LogP contribution in [0.25, 0.3) is 0 Å². The van der Waals surface area contributed by atoms with Crippen LogP contribution in [0.15, 0.2) is 0 Å². The van der Waals surface area contributed by atoms with Crippen LogP contribution in [0.1, 0.15) is 25.7 Å². The first-order chi connectivity index (χ1) is 7.38. The van der Waals surface area contributed by atoms with Gasteiger partial charge >= 0.3 is 0 Å². The summed E-state index contributed by atoms with van der Waals surface area (Å²) in [5.74, 6) is 0.800. The molecule has 1 heterocycles. The lowest BCUT2D eigenvalue weighted by Gasteiger charge is -2.23. The number of thiol groups is 1. The van der Waals surface area contributed by atoms with Crippen LogP contribution in [0.3, 0.4) is 0 Å². The van der Waals surface area contributed by atoms with Gasteiger partial charge in [-0.15, -0.1) is 0 Å². The molecule has 1 aliphatic rings. The van der Waals surface area contributed by atoms with Crippen molar-refractivity contribution in [2.75, 3.05) is 38.7 Å². The lowest BCUT2D eigenvalue weighted by atomic mass is 10.1. The van der Waals surface area contributed by atoms with Crippen LogP contribution in [-0.4, -0.2) is 54.7 Å². The summed E-state index contributed by atoms with van der Waals surface area (Å²) in [5.41, 5.74) is 0. The summed E-state index contributed by atoms with van der Waals surface area (Å²) < 4.78 is 5.43. The Morgan fingerprint density at radius 1 is 1.40 bits per heavy atom. The smallest absolute Gasteiger partial charge is 0.0593 e. The van der Waals surface area contributed by atoms with Gasteiger partial charge in [0.05, 0.1) is 13.2 Å². The maximum atomic E-state index is 8.81. The normalized spacial score (nSPS) is 22.4. The number of rotatable bonds is 8. The maximum absolute atomic E-state index is 8.81. The van der Waals surface area contributed by atoms with E-state index >= 15 is 0 Å². The average molecular weight is 233 g/mol. The van der Waals surface area contributed by atoms with Gasteiger partial charge in [-0.3, -0.25) is 4.90 Å². The van der Waals surface area contributed by atoms with E-state index in [0.29, 0.717) is 12.6 Å². The zero-order chi connectivity index (χ0) is 10.9. The van der Waals surface area contributed by atoms with Crippen LogP contribution in [0.5, 0.6) is 0 Å². The Kier molecular flexibility index (Phi) is 7.44. The van der Waals surface area contributed by atoms with E-state index in [4.69, 9.17) is 9.84 Å². The highest BCUT2D eigenvalue weighted by Gasteiger charge is 2.23. The fourth-order valence-corrected chi connectivity index (χ4v) is 2.32. The van der Waals surface area contributed by atoms with E-state index in [0.717, 1.165) is 38.4 Å². The summed E-state index contributed by atoms with van der Waals surface area (Å²) >= 11 is 4.10. The molecule has 1 fully saturated rings. The minimum absolute atomic E-state index is 0.320. The average Bonchev–Trinajstić information content (AvgIpc) is 2.69. The van der Waals surface area contributed by atoms with Crippen molar-refractivity contribution in [3.8, 4) is 0 Å². The molecule has 0 aromatic carbocycles. The van der Waals surface area contributed by atoms with Gasteiger partial charge in [-0.2, -0.15) is 12.6 Å². The molecule has 1 rings (SSSR count). The highest BCUT2D eigenvalue weighted by atomic mass is 32.1. The van der Waals surface area contributed by atoms with Crippen LogP contribution in [0.2, 0.25) is 0 Å². The van der Waals surface area contributed by atoms with E-state index in [9.17, 15) is 0 Å². The molecule has 4 heteroatoms. The number of nitrogens with zero attached hydrogens (tertiary/aromatic N) is 1. The molecule has 0 aromatic rings. The zero-order valence-electron chi connectivity index (χ0n) is 9.40. The van der Waals surface area contributed by atoms with Gasteiger partial charge in [0.1, 0.15) is 0 Å². The molecule has 90 valence electrons. The van der Waals surface area contributed by atoms with Crippen LogP contribution in [0.4, 0.5) is 0 Å². The van der Waals surface area contributed by atoms with E-state index in [1.54, 1.807) is 0 Å². The first-order valence-electron chi connectivity index (χ1n) is 5.92. The Morgan fingerprint density at radius 2 is 2.27 bits per heavy atom. The fraction of sp³-hybridized carbons (Fsp3) is 1.00. The van der Waals surface area contributed by atoms with Crippen molar-refractivity contribution >= 4 is 12.6 Å². The van der Waals surface area contributed by atoms with E-state index in [1.165, 1.54) is 19.4 Å². The Balaban J connectivity index is 2.09. The first kappa shape index (κ1) is 13.3. The van der Waals surface area contributed by atoms with Gasteiger partial charge in [0, 0.05) is 24.9 Å². The second kappa shape index (κ2) is 8.39. The molecule has 1 atom stereocenters. The van der Waals surface area contributed by atoms with Crippen LogP contribution >= 0.6 is 12.6 Å². The molecule has 1 saturated heterocycles. The molecule has 1 N–H and O–H groups in total. The van der Waals surface area contributed by atoms with Crippen molar-refractivity contribution in [3.63, 3.8) is 0 Å². The van der Waals surface area contributed by atoms with Gasteiger partial charge in [0.2, 0.25) is 0 Å². The molecular weight excluding hydrogens is 210 g/mol. The van der Waals surface area contributed by atoms with Crippen molar-refractivity contribution in [1.29, 1.82) is 0 Å². The lowest BCUT2D eigenvalue weighted by Crippen LogP contribution is -2.32. The van der Waals surface area contributed by atoms with Crippen LogP contribution in [0, 0.1) is 0 Å². The van der Waals surface area contributed by atoms with E-state index in [-0.39, 0.29) is 0 Å². The maximum Gasteiger partial charge on any atom is 0.0593 e.